The fraction of sp³-hybridized carbons (Fsp3) is 0.263. The molecule has 0 saturated carbocycles. The summed E-state index contributed by atoms with van der Waals surface area (Å²) in [4.78, 5) is 25.3. The Morgan fingerprint density at radius 3 is 2.26 bits per heavy atom. The Hall–Kier alpha value is -2.90. The van der Waals surface area contributed by atoms with Gasteiger partial charge in [0.1, 0.15) is 5.82 Å². The van der Waals surface area contributed by atoms with Crippen molar-refractivity contribution >= 4 is 11.9 Å². The van der Waals surface area contributed by atoms with Crippen molar-refractivity contribution in [2.75, 3.05) is 13.2 Å². The van der Waals surface area contributed by atoms with Crippen molar-refractivity contribution in [3.05, 3.63) is 70.8 Å². The number of rotatable bonds is 7. The second-order valence-electron chi connectivity index (χ2n) is 5.63. The lowest BCUT2D eigenvalue weighted by Crippen LogP contribution is -2.33. The van der Waals surface area contributed by atoms with Crippen molar-refractivity contribution in [1.82, 2.24) is 4.90 Å². The molecule has 8 heteroatoms. The van der Waals surface area contributed by atoms with Gasteiger partial charge in [-0.15, -0.1) is 0 Å². The lowest BCUT2D eigenvalue weighted by molar-refractivity contribution is -0.143. The van der Waals surface area contributed by atoms with Crippen LogP contribution in [0.5, 0.6) is 0 Å². The number of hydrogen-bond donors (Lipinski definition) is 0. The molecule has 0 aliphatic rings. The molecule has 0 radical (unpaired) electrons. The Labute approximate surface area is 153 Å². The third-order valence-corrected chi connectivity index (χ3v) is 3.73. The molecule has 0 bridgehead atoms. The molecule has 0 N–H and O–H groups in total. The van der Waals surface area contributed by atoms with Crippen LogP contribution in [0.1, 0.15) is 29.3 Å². The maximum absolute atomic E-state index is 14.0. The second-order valence-corrected chi connectivity index (χ2v) is 5.63. The molecule has 144 valence electrons. The number of halogens is 4. The number of amides is 1. The Morgan fingerprint density at radius 1 is 0.963 bits per heavy atom. The van der Waals surface area contributed by atoms with E-state index in [1.54, 1.807) is 6.92 Å². The summed E-state index contributed by atoms with van der Waals surface area (Å²) >= 11 is 0. The largest absolute Gasteiger partial charge is 0.466 e. The van der Waals surface area contributed by atoms with Crippen molar-refractivity contribution in [3.8, 4) is 0 Å². The smallest absolute Gasteiger partial charge is 0.307 e. The number of nitrogens with zero attached hydrogens (tertiary/aromatic N) is 1. The SMILES string of the molecule is CCOC(=O)CCN(Cc1ccc(F)cc1)C(=O)c1ccc(F)c(F)c1F. The summed E-state index contributed by atoms with van der Waals surface area (Å²) < 4.78 is 58.4. The van der Waals surface area contributed by atoms with Gasteiger partial charge in [0.05, 0.1) is 18.6 Å². The summed E-state index contributed by atoms with van der Waals surface area (Å²) in [5, 5.41) is 0. The van der Waals surface area contributed by atoms with Crippen LogP contribution in [-0.4, -0.2) is 29.9 Å². The highest BCUT2D eigenvalue weighted by Crippen LogP contribution is 2.19. The maximum atomic E-state index is 14.0. The molecule has 4 nitrogen and oxygen atoms in total. The van der Waals surface area contributed by atoms with E-state index in [9.17, 15) is 27.2 Å². The molecule has 0 spiro atoms. The van der Waals surface area contributed by atoms with E-state index in [2.05, 4.69) is 0 Å². The van der Waals surface area contributed by atoms with Crippen LogP contribution in [-0.2, 0) is 16.1 Å². The van der Waals surface area contributed by atoms with Gasteiger partial charge in [-0.05, 0) is 36.8 Å². The monoisotopic (exact) mass is 383 g/mol. The first kappa shape index (κ1) is 20.4. The number of carbonyl (C=O) groups is 2. The third-order valence-electron chi connectivity index (χ3n) is 3.73. The van der Waals surface area contributed by atoms with Gasteiger partial charge in [0.2, 0.25) is 0 Å². The van der Waals surface area contributed by atoms with Gasteiger partial charge in [-0.1, -0.05) is 12.1 Å². The van der Waals surface area contributed by atoms with Crippen LogP contribution >= 0.6 is 0 Å². The van der Waals surface area contributed by atoms with Crippen molar-refractivity contribution in [2.45, 2.75) is 19.9 Å². The molecule has 0 atom stereocenters. The van der Waals surface area contributed by atoms with E-state index in [1.807, 2.05) is 0 Å². The predicted molar refractivity (Wildman–Crippen MR) is 88.7 cm³/mol. The highest BCUT2D eigenvalue weighted by Gasteiger charge is 2.24. The zero-order valence-corrected chi connectivity index (χ0v) is 14.5. The standard InChI is InChI=1S/C19H17F4NO3/c1-2-27-16(25)9-10-24(11-12-3-5-13(20)6-4-12)19(26)14-7-8-15(21)18(23)17(14)22/h3-8H,2,9-11H2,1H3. The minimum atomic E-state index is -1.76. The average Bonchev–Trinajstić information content (AvgIpc) is 2.64. The molecule has 2 aromatic carbocycles. The van der Waals surface area contributed by atoms with Gasteiger partial charge >= 0.3 is 5.97 Å². The minimum Gasteiger partial charge on any atom is -0.466 e. The summed E-state index contributed by atoms with van der Waals surface area (Å²) in [6, 6.07) is 6.68. The highest BCUT2D eigenvalue weighted by atomic mass is 19.2. The quantitative estimate of drug-likeness (QED) is 0.415. The van der Waals surface area contributed by atoms with E-state index >= 15 is 0 Å². The van der Waals surface area contributed by atoms with E-state index in [1.165, 1.54) is 24.3 Å². The average molecular weight is 383 g/mol. The maximum Gasteiger partial charge on any atom is 0.307 e. The fourth-order valence-corrected chi connectivity index (χ4v) is 2.38. The Morgan fingerprint density at radius 2 is 1.63 bits per heavy atom. The van der Waals surface area contributed by atoms with Crippen LogP contribution < -0.4 is 0 Å². The van der Waals surface area contributed by atoms with E-state index in [0.29, 0.717) is 11.6 Å². The molecular weight excluding hydrogens is 366 g/mol. The Kier molecular flexibility index (Phi) is 6.92. The molecule has 0 fully saturated rings. The van der Waals surface area contributed by atoms with Gasteiger partial charge < -0.3 is 9.64 Å². The van der Waals surface area contributed by atoms with E-state index in [-0.39, 0.29) is 26.1 Å². The Bertz CT molecular complexity index is 824. The number of benzene rings is 2. The first-order chi connectivity index (χ1) is 12.8. The zero-order valence-electron chi connectivity index (χ0n) is 14.5. The van der Waals surface area contributed by atoms with Crippen LogP contribution in [0.25, 0.3) is 0 Å². The van der Waals surface area contributed by atoms with Crippen molar-refractivity contribution in [3.63, 3.8) is 0 Å². The van der Waals surface area contributed by atoms with Gasteiger partial charge in [0, 0.05) is 13.1 Å². The van der Waals surface area contributed by atoms with Gasteiger partial charge in [0.25, 0.3) is 5.91 Å². The van der Waals surface area contributed by atoms with Crippen molar-refractivity contribution < 1.29 is 31.9 Å². The van der Waals surface area contributed by atoms with Gasteiger partial charge in [-0.25, -0.2) is 17.6 Å². The molecule has 0 heterocycles. The summed E-state index contributed by atoms with van der Waals surface area (Å²) in [5.41, 5.74) is -0.156. The molecule has 0 aromatic heterocycles. The first-order valence-electron chi connectivity index (χ1n) is 8.16. The van der Waals surface area contributed by atoms with E-state index in [0.717, 1.165) is 11.0 Å². The second kappa shape index (κ2) is 9.16. The summed E-state index contributed by atoms with van der Waals surface area (Å²) in [6.45, 7) is 1.54. The normalized spacial score (nSPS) is 10.6. The van der Waals surface area contributed by atoms with Gasteiger partial charge in [0.15, 0.2) is 17.5 Å². The lowest BCUT2D eigenvalue weighted by atomic mass is 10.1. The van der Waals surface area contributed by atoms with E-state index < -0.39 is 40.7 Å². The number of carbonyl (C=O) groups excluding carboxylic acids is 2. The molecule has 2 aromatic rings. The molecule has 0 unspecified atom stereocenters. The van der Waals surface area contributed by atoms with Crippen LogP contribution in [0, 0.1) is 23.3 Å². The van der Waals surface area contributed by atoms with Crippen LogP contribution in [0.3, 0.4) is 0 Å². The number of ether oxygens (including phenoxy) is 1. The van der Waals surface area contributed by atoms with Gasteiger partial charge in [-0.2, -0.15) is 0 Å². The molecule has 0 aliphatic carbocycles. The molecule has 2 rings (SSSR count). The highest BCUT2D eigenvalue weighted by molar-refractivity contribution is 5.94. The molecule has 0 aliphatic heterocycles. The van der Waals surface area contributed by atoms with Crippen molar-refractivity contribution in [2.24, 2.45) is 0 Å². The predicted octanol–water partition coefficient (Wildman–Crippen LogP) is 3.84. The summed E-state index contributed by atoms with van der Waals surface area (Å²) in [6.07, 6.45) is -0.175. The zero-order chi connectivity index (χ0) is 20.0. The van der Waals surface area contributed by atoms with Crippen LogP contribution in [0.15, 0.2) is 36.4 Å². The number of hydrogen-bond acceptors (Lipinski definition) is 3. The molecule has 1 amide bonds. The Balaban J connectivity index is 2.27. The summed E-state index contributed by atoms with van der Waals surface area (Å²) in [5.74, 6) is -6.76. The van der Waals surface area contributed by atoms with Crippen molar-refractivity contribution in [1.29, 1.82) is 0 Å². The topological polar surface area (TPSA) is 46.6 Å². The first-order valence-corrected chi connectivity index (χ1v) is 8.16. The minimum absolute atomic E-state index is 0.0864. The molecule has 0 saturated heterocycles. The molecular formula is C19H17F4NO3. The summed E-state index contributed by atoms with van der Waals surface area (Å²) in [7, 11) is 0. The third kappa shape index (κ3) is 5.29. The molecule has 27 heavy (non-hydrogen) atoms. The van der Waals surface area contributed by atoms with Gasteiger partial charge in [-0.3, -0.25) is 9.59 Å². The lowest BCUT2D eigenvalue weighted by Gasteiger charge is -2.23. The van der Waals surface area contributed by atoms with Crippen LogP contribution in [0.2, 0.25) is 0 Å². The van der Waals surface area contributed by atoms with E-state index in [4.69, 9.17) is 4.74 Å². The number of esters is 1. The van der Waals surface area contributed by atoms with Crippen LogP contribution in [0.4, 0.5) is 17.6 Å². The fourth-order valence-electron chi connectivity index (χ4n) is 2.38.